The Morgan fingerprint density at radius 2 is 2.30 bits per heavy atom. The van der Waals surface area contributed by atoms with Gasteiger partial charge < -0.3 is 15.6 Å². The minimum atomic E-state index is -0.469. The third-order valence-corrected chi connectivity index (χ3v) is 4.78. The SMILES string of the molecule is N[C@H]1CCN(C(=O)c2cc3cc(Cl)c(F)c(I)c3[nH]2)C1. The number of aromatic nitrogens is 1. The van der Waals surface area contributed by atoms with Gasteiger partial charge in [0.05, 0.1) is 14.1 Å². The number of hydrogen-bond acceptors (Lipinski definition) is 2. The lowest BCUT2D eigenvalue weighted by Crippen LogP contribution is -2.32. The molecule has 3 N–H and O–H groups in total. The molecule has 1 saturated heterocycles. The number of likely N-dealkylation sites (tertiary alicyclic amines) is 1. The minimum absolute atomic E-state index is 0.0374. The molecule has 20 heavy (non-hydrogen) atoms. The molecule has 0 aliphatic carbocycles. The van der Waals surface area contributed by atoms with Crippen LogP contribution in [0.5, 0.6) is 0 Å². The van der Waals surface area contributed by atoms with Gasteiger partial charge in [0.25, 0.3) is 5.91 Å². The largest absolute Gasteiger partial charge is 0.350 e. The van der Waals surface area contributed by atoms with Crippen molar-refractivity contribution in [3.05, 3.63) is 32.2 Å². The van der Waals surface area contributed by atoms with Crippen LogP contribution in [0.3, 0.4) is 0 Å². The Morgan fingerprint density at radius 3 is 2.95 bits per heavy atom. The number of halogens is 3. The second-order valence-corrected chi connectivity index (χ2v) is 6.42. The maximum absolute atomic E-state index is 13.8. The number of nitrogens with two attached hydrogens (primary N) is 1. The van der Waals surface area contributed by atoms with Gasteiger partial charge in [-0.2, -0.15) is 0 Å². The fraction of sp³-hybridized carbons (Fsp3) is 0.308. The number of carbonyl (C=O) groups is 1. The number of nitrogens with zero attached hydrogens (tertiary/aromatic N) is 1. The second kappa shape index (κ2) is 5.16. The first-order chi connectivity index (χ1) is 9.47. The summed E-state index contributed by atoms with van der Waals surface area (Å²) in [5.74, 6) is -0.578. The highest BCUT2D eigenvalue weighted by Crippen LogP contribution is 2.30. The molecule has 1 aliphatic heterocycles. The number of rotatable bonds is 1. The van der Waals surface area contributed by atoms with Gasteiger partial charge in [-0.05, 0) is 41.1 Å². The molecule has 1 aromatic carbocycles. The van der Waals surface area contributed by atoms with Gasteiger partial charge in [-0.25, -0.2) is 4.39 Å². The van der Waals surface area contributed by atoms with Gasteiger partial charge in [-0.3, -0.25) is 4.79 Å². The summed E-state index contributed by atoms with van der Waals surface area (Å²) in [4.78, 5) is 17.0. The van der Waals surface area contributed by atoms with E-state index in [-0.39, 0.29) is 17.0 Å². The molecule has 0 unspecified atom stereocenters. The van der Waals surface area contributed by atoms with Crippen LogP contribution >= 0.6 is 34.2 Å². The lowest BCUT2D eigenvalue weighted by atomic mass is 10.2. The smallest absolute Gasteiger partial charge is 0.270 e. The fourth-order valence-electron chi connectivity index (χ4n) is 2.44. The lowest BCUT2D eigenvalue weighted by Gasteiger charge is -2.14. The molecule has 2 aromatic rings. The number of H-pyrrole nitrogens is 1. The Hall–Kier alpha value is -0.860. The fourth-order valence-corrected chi connectivity index (χ4v) is 3.55. The highest BCUT2D eigenvalue weighted by atomic mass is 127. The predicted molar refractivity (Wildman–Crippen MR) is 84.5 cm³/mol. The van der Waals surface area contributed by atoms with Crippen LogP contribution in [-0.2, 0) is 0 Å². The number of nitrogens with one attached hydrogen (secondary N) is 1. The van der Waals surface area contributed by atoms with Crippen LogP contribution in [0.25, 0.3) is 10.9 Å². The zero-order valence-electron chi connectivity index (χ0n) is 10.4. The van der Waals surface area contributed by atoms with Gasteiger partial charge in [0.1, 0.15) is 5.69 Å². The van der Waals surface area contributed by atoms with Crippen molar-refractivity contribution < 1.29 is 9.18 Å². The van der Waals surface area contributed by atoms with E-state index in [1.54, 1.807) is 11.0 Å². The number of benzene rings is 1. The van der Waals surface area contributed by atoms with Crippen molar-refractivity contribution in [3.63, 3.8) is 0 Å². The molecule has 1 atom stereocenters. The summed E-state index contributed by atoms with van der Waals surface area (Å²) in [5, 5.41) is 0.788. The molecule has 106 valence electrons. The molecule has 0 radical (unpaired) electrons. The van der Waals surface area contributed by atoms with Crippen molar-refractivity contribution in [3.8, 4) is 0 Å². The van der Waals surface area contributed by atoms with Crippen molar-refractivity contribution >= 4 is 51.0 Å². The van der Waals surface area contributed by atoms with Crippen molar-refractivity contribution in [2.75, 3.05) is 13.1 Å². The number of hydrogen-bond donors (Lipinski definition) is 2. The zero-order valence-corrected chi connectivity index (χ0v) is 13.3. The number of carbonyl (C=O) groups excluding carboxylic acids is 1. The molecule has 1 aromatic heterocycles. The standard InChI is InChI=1S/C13H12ClFIN3O/c14-8-3-6-4-9(18-12(6)11(16)10(8)15)13(20)19-2-1-7(17)5-19/h3-4,7,18H,1-2,5,17H2/t7-/m0/s1. The zero-order chi connectivity index (χ0) is 14.4. The predicted octanol–water partition coefficient (Wildman–Crippen LogP) is 2.74. The molecular weight excluding hydrogens is 396 g/mol. The second-order valence-electron chi connectivity index (χ2n) is 4.93. The Kier molecular flexibility index (Phi) is 3.64. The average molecular weight is 408 g/mol. The van der Waals surface area contributed by atoms with E-state index in [2.05, 4.69) is 4.98 Å². The third kappa shape index (κ3) is 2.29. The molecule has 7 heteroatoms. The van der Waals surface area contributed by atoms with E-state index in [9.17, 15) is 9.18 Å². The average Bonchev–Trinajstić information content (AvgIpc) is 3.02. The monoisotopic (exact) mass is 407 g/mol. The van der Waals surface area contributed by atoms with E-state index in [0.29, 0.717) is 27.9 Å². The van der Waals surface area contributed by atoms with Crippen LogP contribution in [0.2, 0.25) is 5.02 Å². The van der Waals surface area contributed by atoms with E-state index >= 15 is 0 Å². The molecular formula is C13H12ClFIN3O. The van der Waals surface area contributed by atoms with Gasteiger partial charge >= 0.3 is 0 Å². The molecule has 0 bridgehead atoms. The molecule has 0 saturated carbocycles. The summed E-state index contributed by atoms with van der Waals surface area (Å²) in [6.07, 6.45) is 0.809. The third-order valence-electron chi connectivity index (χ3n) is 3.49. The van der Waals surface area contributed by atoms with Gasteiger partial charge in [-0.15, -0.1) is 0 Å². The van der Waals surface area contributed by atoms with Gasteiger partial charge in [0.15, 0.2) is 5.82 Å². The molecule has 1 aliphatic rings. The maximum atomic E-state index is 13.8. The van der Waals surface area contributed by atoms with E-state index in [1.807, 2.05) is 22.6 Å². The summed E-state index contributed by atoms with van der Waals surface area (Å²) in [6, 6.07) is 3.27. The quantitative estimate of drug-likeness (QED) is 0.564. The van der Waals surface area contributed by atoms with E-state index in [0.717, 1.165) is 11.8 Å². The number of aromatic amines is 1. The number of amides is 1. The van der Waals surface area contributed by atoms with Crippen LogP contribution in [0.1, 0.15) is 16.9 Å². The molecule has 2 heterocycles. The van der Waals surface area contributed by atoms with E-state index in [1.165, 1.54) is 6.07 Å². The van der Waals surface area contributed by atoms with Gasteiger partial charge in [0, 0.05) is 24.5 Å². The Bertz CT molecular complexity index is 702. The lowest BCUT2D eigenvalue weighted by molar-refractivity contribution is 0.0786. The topological polar surface area (TPSA) is 62.1 Å². The van der Waals surface area contributed by atoms with Gasteiger partial charge in [-0.1, -0.05) is 11.6 Å². The Balaban J connectivity index is 2.01. The molecule has 0 spiro atoms. The van der Waals surface area contributed by atoms with Crippen LogP contribution in [-0.4, -0.2) is 34.9 Å². The first-order valence-electron chi connectivity index (χ1n) is 6.18. The van der Waals surface area contributed by atoms with Crippen molar-refractivity contribution in [1.29, 1.82) is 0 Å². The summed E-state index contributed by atoms with van der Waals surface area (Å²) in [7, 11) is 0. The molecule has 1 amide bonds. The molecule has 3 rings (SSSR count). The minimum Gasteiger partial charge on any atom is -0.350 e. The van der Waals surface area contributed by atoms with Crippen LogP contribution in [0.4, 0.5) is 4.39 Å². The van der Waals surface area contributed by atoms with Crippen LogP contribution < -0.4 is 5.73 Å². The highest BCUT2D eigenvalue weighted by Gasteiger charge is 2.26. The Labute approximate surface area is 133 Å². The summed E-state index contributed by atoms with van der Waals surface area (Å²) < 4.78 is 14.1. The Morgan fingerprint density at radius 1 is 1.55 bits per heavy atom. The summed E-state index contributed by atoms with van der Waals surface area (Å²) in [6.45, 7) is 1.21. The van der Waals surface area contributed by atoms with Crippen molar-refractivity contribution in [2.45, 2.75) is 12.5 Å². The van der Waals surface area contributed by atoms with Crippen LogP contribution in [0, 0.1) is 9.39 Å². The van der Waals surface area contributed by atoms with Crippen molar-refractivity contribution in [1.82, 2.24) is 9.88 Å². The van der Waals surface area contributed by atoms with E-state index in [4.69, 9.17) is 17.3 Å². The van der Waals surface area contributed by atoms with Crippen molar-refractivity contribution in [2.24, 2.45) is 5.73 Å². The van der Waals surface area contributed by atoms with Crippen LogP contribution in [0.15, 0.2) is 12.1 Å². The van der Waals surface area contributed by atoms with Gasteiger partial charge in [0.2, 0.25) is 0 Å². The number of fused-ring (bicyclic) bond motifs is 1. The first kappa shape index (κ1) is 14.1. The highest BCUT2D eigenvalue weighted by molar-refractivity contribution is 14.1. The summed E-state index contributed by atoms with van der Waals surface area (Å²) >= 11 is 7.70. The maximum Gasteiger partial charge on any atom is 0.270 e. The normalized spacial score (nSPS) is 19.0. The molecule has 1 fully saturated rings. The van der Waals surface area contributed by atoms with E-state index < -0.39 is 5.82 Å². The first-order valence-corrected chi connectivity index (χ1v) is 7.64. The summed E-state index contributed by atoms with van der Waals surface area (Å²) in [5.41, 5.74) is 6.84. The molecule has 4 nitrogen and oxygen atoms in total.